The van der Waals surface area contributed by atoms with Gasteiger partial charge in [0.15, 0.2) is 0 Å². The van der Waals surface area contributed by atoms with Crippen LogP contribution in [0.2, 0.25) is 5.02 Å². The first-order valence-electron chi connectivity index (χ1n) is 9.05. The second-order valence-corrected chi connectivity index (χ2v) is 9.03. The smallest absolute Gasteiger partial charge is 0.248 e. The van der Waals surface area contributed by atoms with E-state index in [0.29, 0.717) is 11.4 Å². The zero-order valence-corrected chi connectivity index (χ0v) is 18.2. The Morgan fingerprint density at radius 3 is 2.48 bits per heavy atom. The van der Waals surface area contributed by atoms with Gasteiger partial charge in [0.25, 0.3) is 0 Å². The molecule has 0 aliphatic rings. The average molecular weight is 443 g/mol. The van der Waals surface area contributed by atoms with Crippen LogP contribution in [0, 0.1) is 5.82 Å². The lowest BCUT2D eigenvalue weighted by Gasteiger charge is -2.30. The fraction of sp³-hybridized carbons (Fsp3) is 0.350. The summed E-state index contributed by atoms with van der Waals surface area (Å²) in [4.78, 5) is 12.9. The van der Waals surface area contributed by atoms with Crippen LogP contribution in [0.3, 0.4) is 0 Å². The number of hydrogen-bond acceptors (Lipinski definition) is 4. The van der Waals surface area contributed by atoms with E-state index < -0.39 is 27.8 Å². The third-order valence-electron chi connectivity index (χ3n) is 3.96. The maximum absolute atomic E-state index is 13.5. The molecule has 1 N–H and O–H groups in total. The van der Waals surface area contributed by atoms with Crippen LogP contribution in [0.4, 0.5) is 15.8 Å². The lowest BCUT2D eigenvalue weighted by atomic mass is 10.1. The van der Waals surface area contributed by atoms with E-state index in [4.69, 9.17) is 16.3 Å². The summed E-state index contributed by atoms with van der Waals surface area (Å²) in [6.45, 7) is 5.46. The number of carbonyl (C=O) groups excluding carboxylic acids is 1. The number of benzene rings is 2. The van der Waals surface area contributed by atoms with Gasteiger partial charge in [0, 0.05) is 11.8 Å². The molecular formula is C20H24ClFN2O4S. The molecule has 158 valence electrons. The Labute approximate surface area is 175 Å². The normalized spacial score (nSPS) is 12.5. The van der Waals surface area contributed by atoms with Crippen LogP contribution in [0.1, 0.15) is 27.2 Å². The highest BCUT2D eigenvalue weighted by Gasteiger charge is 2.32. The molecule has 1 atom stereocenters. The van der Waals surface area contributed by atoms with Crippen LogP contribution in [-0.4, -0.2) is 32.7 Å². The van der Waals surface area contributed by atoms with Gasteiger partial charge in [-0.25, -0.2) is 12.8 Å². The first-order chi connectivity index (χ1) is 13.5. The van der Waals surface area contributed by atoms with Gasteiger partial charge in [-0.2, -0.15) is 0 Å². The van der Waals surface area contributed by atoms with Crippen LogP contribution >= 0.6 is 11.6 Å². The largest absolute Gasteiger partial charge is 0.491 e. The third-order valence-corrected chi connectivity index (χ3v) is 5.43. The van der Waals surface area contributed by atoms with Crippen LogP contribution in [0.5, 0.6) is 5.75 Å². The van der Waals surface area contributed by atoms with Crippen molar-refractivity contribution in [3.8, 4) is 5.75 Å². The van der Waals surface area contributed by atoms with Crippen molar-refractivity contribution in [3.05, 3.63) is 53.3 Å². The van der Waals surface area contributed by atoms with E-state index in [1.54, 1.807) is 31.2 Å². The van der Waals surface area contributed by atoms with Crippen molar-refractivity contribution in [1.82, 2.24) is 0 Å². The van der Waals surface area contributed by atoms with Gasteiger partial charge in [0.1, 0.15) is 17.6 Å². The quantitative estimate of drug-likeness (QED) is 0.655. The molecule has 6 nitrogen and oxygen atoms in total. The minimum atomic E-state index is -3.85. The van der Waals surface area contributed by atoms with Crippen LogP contribution < -0.4 is 14.4 Å². The summed E-state index contributed by atoms with van der Waals surface area (Å²) in [5.74, 6) is -0.625. The number of anilines is 2. The SMILES string of the molecule is CC[C@H](C(=O)Nc1cccc(OC(C)C)c1)N(c1ccc(F)c(Cl)c1)S(C)(=O)=O. The van der Waals surface area contributed by atoms with Crippen LogP contribution in [-0.2, 0) is 14.8 Å². The standard InChI is InChI=1S/C20H24ClFN2O4S/c1-5-19(20(25)23-14-7-6-8-16(11-14)28-13(2)3)24(29(4,26)27)15-9-10-18(22)17(21)12-15/h6-13,19H,5H2,1-4H3,(H,23,25)/t19-/m1/s1. The summed E-state index contributed by atoms with van der Waals surface area (Å²) in [6, 6.07) is 9.29. The summed E-state index contributed by atoms with van der Waals surface area (Å²) in [6.07, 6.45) is 1.14. The third kappa shape index (κ3) is 6.08. The monoisotopic (exact) mass is 442 g/mol. The zero-order chi connectivity index (χ0) is 21.8. The van der Waals surface area contributed by atoms with Crippen LogP contribution in [0.15, 0.2) is 42.5 Å². The minimum Gasteiger partial charge on any atom is -0.491 e. The molecule has 0 unspecified atom stereocenters. The number of carbonyl (C=O) groups is 1. The highest BCUT2D eigenvalue weighted by molar-refractivity contribution is 7.92. The predicted octanol–water partition coefficient (Wildman–Crippen LogP) is 4.45. The van der Waals surface area contributed by atoms with E-state index in [2.05, 4.69) is 5.32 Å². The van der Waals surface area contributed by atoms with Crippen molar-refractivity contribution in [3.63, 3.8) is 0 Å². The molecule has 1 amide bonds. The molecular weight excluding hydrogens is 419 g/mol. The Morgan fingerprint density at radius 2 is 1.93 bits per heavy atom. The number of nitrogens with one attached hydrogen (secondary N) is 1. The average Bonchev–Trinajstić information content (AvgIpc) is 2.60. The first kappa shape index (κ1) is 23.0. The Bertz CT molecular complexity index is 982. The van der Waals surface area contributed by atoms with E-state index in [0.717, 1.165) is 16.6 Å². The van der Waals surface area contributed by atoms with E-state index in [1.165, 1.54) is 12.1 Å². The molecule has 2 rings (SSSR count). The number of rotatable bonds is 8. The summed E-state index contributed by atoms with van der Waals surface area (Å²) in [7, 11) is -3.85. The van der Waals surface area contributed by atoms with Crippen molar-refractivity contribution in [2.45, 2.75) is 39.3 Å². The van der Waals surface area contributed by atoms with Crippen molar-refractivity contribution in [1.29, 1.82) is 0 Å². The van der Waals surface area contributed by atoms with Crippen LogP contribution in [0.25, 0.3) is 0 Å². The maximum Gasteiger partial charge on any atom is 0.248 e. The van der Waals surface area contributed by atoms with Gasteiger partial charge in [-0.05, 0) is 50.6 Å². The number of nitrogens with zero attached hydrogens (tertiary/aromatic N) is 1. The molecule has 9 heteroatoms. The molecule has 0 aromatic heterocycles. The van der Waals surface area contributed by atoms with Crippen molar-refractivity contribution < 1.29 is 22.3 Å². The summed E-state index contributed by atoms with van der Waals surface area (Å²) in [5, 5.41) is 2.49. The molecule has 2 aromatic carbocycles. The number of amides is 1. The Hall–Kier alpha value is -2.32. The van der Waals surface area contributed by atoms with Gasteiger partial charge in [0.2, 0.25) is 15.9 Å². The second kappa shape index (κ2) is 9.45. The highest BCUT2D eigenvalue weighted by atomic mass is 35.5. The molecule has 29 heavy (non-hydrogen) atoms. The fourth-order valence-electron chi connectivity index (χ4n) is 2.83. The van der Waals surface area contributed by atoms with Gasteiger partial charge < -0.3 is 10.1 Å². The molecule has 0 heterocycles. The number of halogens is 2. The summed E-state index contributed by atoms with van der Waals surface area (Å²) >= 11 is 5.81. The van der Waals surface area contributed by atoms with E-state index in [-0.39, 0.29) is 23.2 Å². The summed E-state index contributed by atoms with van der Waals surface area (Å²) in [5.41, 5.74) is 0.579. The van der Waals surface area contributed by atoms with Crippen molar-refractivity contribution in [2.75, 3.05) is 15.9 Å². The van der Waals surface area contributed by atoms with Gasteiger partial charge in [-0.3, -0.25) is 9.10 Å². The van der Waals surface area contributed by atoms with Gasteiger partial charge >= 0.3 is 0 Å². The topological polar surface area (TPSA) is 75.7 Å². The van der Waals surface area contributed by atoms with E-state index >= 15 is 0 Å². The Kier molecular flexibility index (Phi) is 7.48. The number of ether oxygens (including phenoxy) is 1. The van der Waals surface area contributed by atoms with Gasteiger partial charge in [-0.15, -0.1) is 0 Å². The Balaban J connectivity index is 2.35. The number of sulfonamides is 1. The van der Waals surface area contributed by atoms with Crippen molar-refractivity contribution in [2.24, 2.45) is 0 Å². The van der Waals surface area contributed by atoms with Gasteiger partial charge in [-0.1, -0.05) is 24.6 Å². The Morgan fingerprint density at radius 1 is 1.24 bits per heavy atom. The zero-order valence-electron chi connectivity index (χ0n) is 16.6. The molecule has 0 spiro atoms. The lowest BCUT2D eigenvalue weighted by molar-refractivity contribution is -0.117. The van der Waals surface area contributed by atoms with E-state index in [9.17, 15) is 17.6 Å². The first-order valence-corrected chi connectivity index (χ1v) is 11.3. The predicted molar refractivity (Wildman–Crippen MR) is 114 cm³/mol. The minimum absolute atomic E-state index is 0.0340. The van der Waals surface area contributed by atoms with Crippen molar-refractivity contribution >= 4 is 38.9 Å². The van der Waals surface area contributed by atoms with E-state index in [1.807, 2.05) is 13.8 Å². The maximum atomic E-state index is 13.5. The molecule has 0 radical (unpaired) electrons. The highest BCUT2D eigenvalue weighted by Crippen LogP contribution is 2.28. The fourth-order valence-corrected chi connectivity index (χ4v) is 4.21. The lowest BCUT2D eigenvalue weighted by Crippen LogP contribution is -2.47. The second-order valence-electron chi connectivity index (χ2n) is 6.76. The number of hydrogen-bond donors (Lipinski definition) is 1. The molecule has 0 aliphatic heterocycles. The summed E-state index contributed by atoms with van der Waals surface area (Å²) < 4.78 is 45.0. The van der Waals surface area contributed by atoms with Gasteiger partial charge in [0.05, 0.1) is 23.1 Å². The molecule has 2 aromatic rings. The molecule has 0 saturated heterocycles. The molecule has 0 saturated carbocycles. The molecule has 0 fully saturated rings. The molecule has 0 aliphatic carbocycles. The molecule has 0 bridgehead atoms.